The van der Waals surface area contributed by atoms with Gasteiger partial charge in [-0.3, -0.25) is 10.1 Å². The summed E-state index contributed by atoms with van der Waals surface area (Å²) in [5.41, 5.74) is 0.979. The molecule has 3 nitrogen and oxygen atoms in total. The van der Waals surface area contributed by atoms with E-state index in [0.717, 1.165) is 25.8 Å². The average Bonchev–Trinajstić information content (AvgIpc) is 3.17. The third-order valence-corrected chi connectivity index (χ3v) is 4.44. The molecule has 1 saturated carbocycles. The van der Waals surface area contributed by atoms with E-state index in [1.165, 1.54) is 12.0 Å². The van der Waals surface area contributed by atoms with Gasteiger partial charge in [0.15, 0.2) is 0 Å². The Morgan fingerprint density at radius 1 is 1.30 bits per heavy atom. The van der Waals surface area contributed by atoms with Crippen molar-refractivity contribution in [2.45, 2.75) is 51.2 Å². The van der Waals surface area contributed by atoms with Crippen LogP contribution in [-0.2, 0) is 4.79 Å². The maximum atomic E-state index is 12.6. The monoisotopic (exact) mass is 272 g/mol. The molecule has 0 bridgehead atoms. The summed E-state index contributed by atoms with van der Waals surface area (Å²) < 4.78 is 0. The second-order valence-corrected chi connectivity index (χ2v) is 6.57. The number of hydrogen-bond acceptors (Lipinski definition) is 2. The highest BCUT2D eigenvalue weighted by Gasteiger charge is 2.59. The molecular weight excluding hydrogens is 248 g/mol. The molecule has 1 aromatic rings. The normalized spacial score (nSPS) is 23.9. The molecule has 1 saturated heterocycles. The molecule has 108 valence electrons. The van der Waals surface area contributed by atoms with Gasteiger partial charge in [-0.15, -0.1) is 0 Å². The topological polar surface area (TPSA) is 32.3 Å². The Morgan fingerprint density at radius 2 is 2.00 bits per heavy atom. The SMILES string of the molecule is CC(C)CCCN1C(=O)C2(CC2)NC1c1ccccc1. The van der Waals surface area contributed by atoms with Crippen LogP contribution < -0.4 is 5.32 Å². The molecule has 1 amide bonds. The van der Waals surface area contributed by atoms with Crippen LogP contribution in [0.3, 0.4) is 0 Å². The summed E-state index contributed by atoms with van der Waals surface area (Å²) in [6, 6.07) is 10.3. The lowest BCUT2D eigenvalue weighted by atomic mass is 10.1. The van der Waals surface area contributed by atoms with Crippen molar-refractivity contribution in [3.8, 4) is 0 Å². The Bertz CT molecular complexity index is 479. The van der Waals surface area contributed by atoms with E-state index >= 15 is 0 Å². The summed E-state index contributed by atoms with van der Waals surface area (Å²) in [6.45, 7) is 5.34. The van der Waals surface area contributed by atoms with Crippen LogP contribution in [0.1, 0.15) is 51.3 Å². The maximum Gasteiger partial charge on any atom is 0.244 e. The van der Waals surface area contributed by atoms with Crippen LogP contribution in [-0.4, -0.2) is 22.9 Å². The first-order chi connectivity index (χ1) is 9.62. The van der Waals surface area contributed by atoms with Gasteiger partial charge in [0.2, 0.25) is 5.91 Å². The summed E-state index contributed by atoms with van der Waals surface area (Å²) in [4.78, 5) is 14.7. The van der Waals surface area contributed by atoms with Gasteiger partial charge < -0.3 is 4.90 Å². The van der Waals surface area contributed by atoms with Crippen molar-refractivity contribution in [2.24, 2.45) is 5.92 Å². The van der Waals surface area contributed by atoms with Gasteiger partial charge in [0, 0.05) is 6.54 Å². The van der Waals surface area contributed by atoms with E-state index in [0.29, 0.717) is 11.8 Å². The largest absolute Gasteiger partial charge is 0.321 e. The number of benzene rings is 1. The van der Waals surface area contributed by atoms with Crippen molar-refractivity contribution in [3.63, 3.8) is 0 Å². The molecule has 1 heterocycles. The van der Waals surface area contributed by atoms with Crippen LogP contribution in [0.15, 0.2) is 30.3 Å². The van der Waals surface area contributed by atoms with Crippen LogP contribution in [0, 0.1) is 5.92 Å². The molecule has 3 rings (SSSR count). The zero-order valence-corrected chi connectivity index (χ0v) is 12.4. The molecule has 1 aliphatic carbocycles. The van der Waals surface area contributed by atoms with E-state index < -0.39 is 0 Å². The molecule has 1 spiro atoms. The molecule has 1 aliphatic heterocycles. The first-order valence-corrected chi connectivity index (χ1v) is 7.76. The van der Waals surface area contributed by atoms with E-state index in [2.05, 4.69) is 36.2 Å². The molecule has 1 aromatic carbocycles. The van der Waals surface area contributed by atoms with Gasteiger partial charge in [-0.25, -0.2) is 0 Å². The summed E-state index contributed by atoms with van der Waals surface area (Å²) in [5.74, 6) is 1.01. The quantitative estimate of drug-likeness (QED) is 0.893. The van der Waals surface area contributed by atoms with Crippen LogP contribution in [0.25, 0.3) is 0 Å². The number of hydrogen-bond donors (Lipinski definition) is 1. The van der Waals surface area contributed by atoms with Crippen LogP contribution in [0.4, 0.5) is 0 Å². The average molecular weight is 272 g/mol. The van der Waals surface area contributed by atoms with Crippen LogP contribution >= 0.6 is 0 Å². The van der Waals surface area contributed by atoms with Crippen LogP contribution in [0.2, 0.25) is 0 Å². The standard InChI is InChI=1S/C17H24N2O/c1-13(2)7-6-12-19-15(14-8-4-3-5-9-14)18-17(10-11-17)16(19)20/h3-5,8-9,13,15,18H,6-7,10-12H2,1-2H3. The van der Waals surface area contributed by atoms with Gasteiger partial charge in [-0.05, 0) is 37.2 Å². The first-order valence-electron chi connectivity index (χ1n) is 7.76. The van der Waals surface area contributed by atoms with Crippen molar-refractivity contribution in [3.05, 3.63) is 35.9 Å². The molecule has 2 aliphatic rings. The molecule has 0 radical (unpaired) electrons. The lowest BCUT2D eigenvalue weighted by Crippen LogP contribution is -2.33. The first kappa shape index (κ1) is 13.6. The second-order valence-electron chi connectivity index (χ2n) is 6.57. The van der Waals surface area contributed by atoms with Gasteiger partial charge >= 0.3 is 0 Å². The third kappa shape index (κ3) is 2.47. The van der Waals surface area contributed by atoms with Gasteiger partial charge in [0.05, 0.1) is 0 Å². The molecule has 0 aromatic heterocycles. The molecule has 1 atom stereocenters. The number of carbonyl (C=O) groups is 1. The van der Waals surface area contributed by atoms with E-state index in [-0.39, 0.29) is 11.7 Å². The summed E-state index contributed by atoms with van der Waals surface area (Å²) in [5, 5.41) is 3.57. The fraction of sp³-hybridized carbons (Fsp3) is 0.588. The van der Waals surface area contributed by atoms with E-state index in [1.54, 1.807) is 0 Å². The van der Waals surface area contributed by atoms with Gasteiger partial charge in [0.1, 0.15) is 11.7 Å². The van der Waals surface area contributed by atoms with Crippen LogP contribution in [0.5, 0.6) is 0 Å². The van der Waals surface area contributed by atoms with Crippen molar-refractivity contribution >= 4 is 5.91 Å². The Morgan fingerprint density at radius 3 is 2.60 bits per heavy atom. The Kier molecular flexibility index (Phi) is 3.55. The fourth-order valence-electron chi connectivity index (χ4n) is 3.08. The molecule has 2 fully saturated rings. The summed E-state index contributed by atoms with van der Waals surface area (Å²) in [7, 11) is 0. The Balaban J connectivity index is 1.75. The number of amides is 1. The van der Waals surface area contributed by atoms with E-state index in [4.69, 9.17) is 0 Å². The van der Waals surface area contributed by atoms with Gasteiger partial charge in [0.25, 0.3) is 0 Å². The molecular formula is C17H24N2O. The molecule has 1 unspecified atom stereocenters. The Labute approximate surface area is 121 Å². The zero-order valence-electron chi connectivity index (χ0n) is 12.4. The second kappa shape index (κ2) is 5.21. The predicted molar refractivity (Wildman–Crippen MR) is 80.1 cm³/mol. The van der Waals surface area contributed by atoms with Crippen molar-refractivity contribution < 1.29 is 4.79 Å². The predicted octanol–water partition coefficient (Wildman–Crippen LogP) is 3.09. The summed E-state index contributed by atoms with van der Waals surface area (Å²) in [6.07, 6.45) is 4.33. The number of rotatable bonds is 5. The van der Waals surface area contributed by atoms with Crippen molar-refractivity contribution in [1.82, 2.24) is 10.2 Å². The van der Waals surface area contributed by atoms with Crippen molar-refractivity contribution in [1.29, 1.82) is 0 Å². The number of carbonyl (C=O) groups excluding carboxylic acids is 1. The molecule has 3 heteroatoms. The van der Waals surface area contributed by atoms with E-state index in [9.17, 15) is 4.79 Å². The smallest absolute Gasteiger partial charge is 0.244 e. The Hall–Kier alpha value is -1.35. The highest BCUT2D eigenvalue weighted by Crippen LogP contribution is 2.45. The number of nitrogens with one attached hydrogen (secondary N) is 1. The van der Waals surface area contributed by atoms with E-state index in [1.807, 2.05) is 18.2 Å². The minimum Gasteiger partial charge on any atom is -0.321 e. The highest BCUT2D eigenvalue weighted by molar-refractivity contribution is 5.92. The maximum absolute atomic E-state index is 12.6. The fourth-order valence-corrected chi connectivity index (χ4v) is 3.08. The highest BCUT2D eigenvalue weighted by atomic mass is 16.2. The zero-order chi connectivity index (χ0) is 14.2. The molecule has 20 heavy (non-hydrogen) atoms. The third-order valence-electron chi connectivity index (χ3n) is 4.44. The minimum absolute atomic E-state index is 0.0679. The van der Waals surface area contributed by atoms with Gasteiger partial charge in [-0.2, -0.15) is 0 Å². The molecule has 1 N–H and O–H groups in total. The lowest BCUT2D eigenvalue weighted by Gasteiger charge is -2.24. The number of nitrogens with zero attached hydrogens (tertiary/aromatic N) is 1. The lowest BCUT2D eigenvalue weighted by molar-refractivity contribution is -0.131. The summed E-state index contributed by atoms with van der Waals surface area (Å²) >= 11 is 0. The van der Waals surface area contributed by atoms with Gasteiger partial charge in [-0.1, -0.05) is 44.2 Å². The van der Waals surface area contributed by atoms with Crippen molar-refractivity contribution in [2.75, 3.05) is 6.54 Å². The minimum atomic E-state index is -0.224.